The number of phenolic OH excluding ortho intramolecular Hbond substituents is 1. The monoisotopic (exact) mass is 232 g/mol. The van der Waals surface area contributed by atoms with Gasteiger partial charge in [-0.3, -0.25) is 4.90 Å². The van der Waals surface area contributed by atoms with Gasteiger partial charge in [0.15, 0.2) is 0 Å². The van der Waals surface area contributed by atoms with Gasteiger partial charge in [0.2, 0.25) is 0 Å². The minimum Gasteiger partial charge on any atom is -0.508 e. The van der Waals surface area contributed by atoms with Crippen molar-refractivity contribution in [1.29, 1.82) is 5.26 Å². The van der Waals surface area contributed by atoms with Gasteiger partial charge in [-0.05, 0) is 44.0 Å². The zero-order chi connectivity index (χ0) is 12.8. The van der Waals surface area contributed by atoms with Gasteiger partial charge in [0.05, 0.1) is 12.6 Å². The summed E-state index contributed by atoms with van der Waals surface area (Å²) in [5, 5.41) is 18.6. The summed E-state index contributed by atoms with van der Waals surface area (Å²) < 4.78 is 0. The summed E-state index contributed by atoms with van der Waals surface area (Å²) in [6.45, 7) is 8.02. The van der Waals surface area contributed by atoms with E-state index in [9.17, 15) is 5.11 Å². The van der Waals surface area contributed by atoms with E-state index in [0.29, 0.717) is 18.8 Å². The summed E-state index contributed by atoms with van der Waals surface area (Å²) in [7, 11) is 0. The van der Waals surface area contributed by atoms with E-state index in [1.807, 2.05) is 24.8 Å². The Morgan fingerprint density at radius 2 is 1.94 bits per heavy atom. The molecular weight excluding hydrogens is 212 g/mol. The Bertz CT molecular complexity index is 421. The molecule has 1 aromatic rings. The second-order valence-corrected chi connectivity index (χ2v) is 4.43. The third-order valence-corrected chi connectivity index (χ3v) is 2.92. The molecule has 1 rings (SSSR count). The molecule has 1 aromatic carbocycles. The zero-order valence-corrected chi connectivity index (χ0v) is 10.8. The van der Waals surface area contributed by atoms with Crippen LogP contribution < -0.4 is 0 Å². The Balaban J connectivity index is 2.85. The molecule has 0 aliphatic carbocycles. The topological polar surface area (TPSA) is 47.3 Å². The van der Waals surface area contributed by atoms with E-state index in [4.69, 9.17) is 5.26 Å². The number of nitrogens with zero attached hydrogens (tertiary/aromatic N) is 2. The Morgan fingerprint density at radius 3 is 2.53 bits per heavy atom. The van der Waals surface area contributed by atoms with E-state index in [2.05, 4.69) is 13.0 Å². The maximum Gasteiger partial charge on any atom is 0.120 e. The van der Waals surface area contributed by atoms with Crippen LogP contribution in [-0.2, 0) is 6.54 Å². The fourth-order valence-corrected chi connectivity index (χ4v) is 1.86. The number of phenols is 1. The Morgan fingerprint density at radius 1 is 1.29 bits per heavy atom. The van der Waals surface area contributed by atoms with Crippen molar-refractivity contribution in [2.75, 3.05) is 13.1 Å². The van der Waals surface area contributed by atoms with E-state index in [-0.39, 0.29) is 0 Å². The average molecular weight is 232 g/mol. The summed E-state index contributed by atoms with van der Waals surface area (Å²) in [6, 6.07) is 5.96. The zero-order valence-electron chi connectivity index (χ0n) is 10.8. The van der Waals surface area contributed by atoms with E-state index < -0.39 is 0 Å². The maximum absolute atomic E-state index is 9.89. The molecule has 0 spiro atoms. The highest BCUT2D eigenvalue weighted by molar-refractivity contribution is 5.40. The SMILES string of the molecule is CCCN(CC#N)Cc1cc(C)c(C)cc1O. The van der Waals surface area contributed by atoms with Crippen LogP contribution in [0.3, 0.4) is 0 Å². The van der Waals surface area contributed by atoms with Gasteiger partial charge in [-0.1, -0.05) is 13.0 Å². The van der Waals surface area contributed by atoms with Crippen molar-refractivity contribution in [2.45, 2.75) is 33.7 Å². The third-order valence-electron chi connectivity index (χ3n) is 2.92. The first-order valence-corrected chi connectivity index (χ1v) is 5.96. The Kier molecular flexibility index (Phi) is 4.99. The Labute approximate surface area is 103 Å². The third kappa shape index (κ3) is 3.76. The number of rotatable bonds is 5. The second-order valence-electron chi connectivity index (χ2n) is 4.43. The molecule has 0 aliphatic heterocycles. The van der Waals surface area contributed by atoms with Gasteiger partial charge in [-0.2, -0.15) is 5.26 Å². The first-order valence-electron chi connectivity index (χ1n) is 5.96. The van der Waals surface area contributed by atoms with Gasteiger partial charge < -0.3 is 5.11 Å². The lowest BCUT2D eigenvalue weighted by Gasteiger charge is -2.19. The van der Waals surface area contributed by atoms with Crippen molar-refractivity contribution in [1.82, 2.24) is 4.90 Å². The van der Waals surface area contributed by atoms with Crippen LogP contribution in [0.1, 0.15) is 30.0 Å². The standard InChI is InChI=1S/C14H20N2O/c1-4-6-16(7-5-15)10-13-8-11(2)12(3)9-14(13)17/h8-9,17H,4,6-7,10H2,1-3H3. The molecule has 0 heterocycles. The van der Waals surface area contributed by atoms with Crippen molar-refractivity contribution >= 4 is 0 Å². The molecule has 0 saturated heterocycles. The minimum atomic E-state index is 0.326. The van der Waals surface area contributed by atoms with Crippen LogP contribution in [0.15, 0.2) is 12.1 Å². The lowest BCUT2D eigenvalue weighted by molar-refractivity contribution is 0.293. The highest BCUT2D eigenvalue weighted by Crippen LogP contribution is 2.23. The number of hydrogen-bond donors (Lipinski definition) is 1. The second kappa shape index (κ2) is 6.27. The van der Waals surface area contributed by atoms with E-state index in [0.717, 1.165) is 24.1 Å². The van der Waals surface area contributed by atoms with Crippen molar-refractivity contribution in [3.05, 3.63) is 28.8 Å². The van der Waals surface area contributed by atoms with Gasteiger partial charge in [0.25, 0.3) is 0 Å². The first-order chi connectivity index (χ1) is 8.08. The van der Waals surface area contributed by atoms with Crippen LogP contribution in [0.4, 0.5) is 0 Å². The van der Waals surface area contributed by atoms with E-state index in [1.54, 1.807) is 6.07 Å². The molecular formula is C14H20N2O. The van der Waals surface area contributed by atoms with Crippen LogP contribution in [-0.4, -0.2) is 23.1 Å². The van der Waals surface area contributed by atoms with Gasteiger partial charge in [-0.15, -0.1) is 0 Å². The summed E-state index contributed by atoms with van der Waals surface area (Å²) in [5.74, 6) is 0.326. The smallest absolute Gasteiger partial charge is 0.120 e. The number of benzene rings is 1. The summed E-state index contributed by atoms with van der Waals surface area (Å²) in [4.78, 5) is 2.05. The van der Waals surface area contributed by atoms with Crippen molar-refractivity contribution in [2.24, 2.45) is 0 Å². The highest BCUT2D eigenvalue weighted by atomic mass is 16.3. The molecule has 0 amide bonds. The summed E-state index contributed by atoms with van der Waals surface area (Å²) >= 11 is 0. The molecule has 0 aliphatic rings. The predicted molar refractivity (Wildman–Crippen MR) is 68.8 cm³/mol. The quantitative estimate of drug-likeness (QED) is 0.794. The normalized spacial score (nSPS) is 10.5. The average Bonchev–Trinajstić information content (AvgIpc) is 2.26. The van der Waals surface area contributed by atoms with Gasteiger partial charge >= 0.3 is 0 Å². The molecule has 17 heavy (non-hydrogen) atoms. The lowest BCUT2D eigenvalue weighted by atomic mass is 10.0. The molecule has 3 nitrogen and oxygen atoms in total. The largest absolute Gasteiger partial charge is 0.508 e. The molecule has 1 N–H and O–H groups in total. The fourth-order valence-electron chi connectivity index (χ4n) is 1.86. The minimum absolute atomic E-state index is 0.326. The summed E-state index contributed by atoms with van der Waals surface area (Å²) in [5.41, 5.74) is 3.16. The van der Waals surface area contributed by atoms with Crippen molar-refractivity contribution in [3.8, 4) is 11.8 Å². The maximum atomic E-state index is 9.89. The predicted octanol–water partition coefficient (Wildman–Crippen LogP) is 2.74. The van der Waals surface area contributed by atoms with E-state index in [1.165, 1.54) is 5.56 Å². The molecule has 0 fully saturated rings. The molecule has 0 atom stereocenters. The molecule has 3 heteroatoms. The number of aryl methyl sites for hydroxylation is 2. The molecule has 0 bridgehead atoms. The highest BCUT2D eigenvalue weighted by Gasteiger charge is 2.09. The van der Waals surface area contributed by atoms with Crippen LogP contribution in [0.5, 0.6) is 5.75 Å². The summed E-state index contributed by atoms with van der Waals surface area (Å²) in [6.07, 6.45) is 1.01. The molecule has 0 saturated carbocycles. The van der Waals surface area contributed by atoms with Crippen molar-refractivity contribution in [3.63, 3.8) is 0 Å². The van der Waals surface area contributed by atoms with Crippen molar-refractivity contribution < 1.29 is 5.11 Å². The molecule has 0 aromatic heterocycles. The first kappa shape index (κ1) is 13.5. The molecule has 0 radical (unpaired) electrons. The van der Waals surface area contributed by atoms with Gasteiger partial charge in [0.1, 0.15) is 5.75 Å². The molecule has 92 valence electrons. The van der Waals surface area contributed by atoms with Crippen LogP contribution in [0.25, 0.3) is 0 Å². The van der Waals surface area contributed by atoms with Gasteiger partial charge in [-0.25, -0.2) is 0 Å². The molecule has 0 unspecified atom stereocenters. The fraction of sp³-hybridized carbons (Fsp3) is 0.500. The van der Waals surface area contributed by atoms with Crippen LogP contribution in [0.2, 0.25) is 0 Å². The number of aromatic hydroxyl groups is 1. The van der Waals surface area contributed by atoms with E-state index >= 15 is 0 Å². The van der Waals surface area contributed by atoms with Crippen LogP contribution in [0, 0.1) is 25.2 Å². The Hall–Kier alpha value is -1.53. The van der Waals surface area contributed by atoms with Gasteiger partial charge in [0, 0.05) is 12.1 Å². The van der Waals surface area contributed by atoms with Crippen LogP contribution >= 0.6 is 0 Å². The number of hydrogen-bond acceptors (Lipinski definition) is 3. The lowest BCUT2D eigenvalue weighted by Crippen LogP contribution is -2.24. The number of nitriles is 1.